The molecule has 24 heavy (non-hydrogen) atoms. The van der Waals surface area contributed by atoms with Crippen LogP contribution in [-0.4, -0.2) is 28.9 Å². The number of anilines is 2. The molecule has 0 saturated carbocycles. The van der Waals surface area contributed by atoms with Crippen molar-refractivity contribution in [3.63, 3.8) is 0 Å². The highest BCUT2D eigenvalue weighted by atomic mass is 16.2. The Bertz CT molecular complexity index is 713. The molecule has 1 N–H and O–H groups in total. The van der Waals surface area contributed by atoms with Crippen LogP contribution in [0.15, 0.2) is 36.5 Å². The minimum atomic E-state index is 0.0343. The second-order valence-corrected chi connectivity index (χ2v) is 6.80. The Morgan fingerprint density at radius 2 is 1.83 bits per heavy atom. The van der Waals surface area contributed by atoms with E-state index in [2.05, 4.69) is 49.3 Å². The van der Waals surface area contributed by atoms with E-state index in [1.807, 2.05) is 17.0 Å². The first-order valence-corrected chi connectivity index (χ1v) is 8.63. The minimum absolute atomic E-state index is 0.0343. The van der Waals surface area contributed by atoms with Gasteiger partial charge in [0, 0.05) is 30.7 Å². The molecule has 0 unspecified atom stereocenters. The van der Waals surface area contributed by atoms with E-state index in [1.54, 1.807) is 6.20 Å². The van der Waals surface area contributed by atoms with Crippen LogP contribution in [0.4, 0.5) is 11.4 Å². The largest absolute Gasteiger partial charge is 0.355 e. The Kier molecular flexibility index (Phi) is 4.84. The van der Waals surface area contributed by atoms with Crippen molar-refractivity contribution >= 4 is 17.3 Å². The van der Waals surface area contributed by atoms with E-state index in [9.17, 15) is 4.79 Å². The van der Waals surface area contributed by atoms with Gasteiger partial charge in [0.1, 0.15) is 5.69 Å². The number of benzene rings is 1. The molecule has 1 aliphatic rings. The van der Waals surface area contributed by atoms with Crippen LogP contribution in [0.2, 0.25) is 0 Å². The molecule has 126 valence electrons. The number of para-hydroxylation sites is 1. The monoisotopic (exact) mass is 323 g/mol. The van der Waals surface area contributed by atoms with E-state index in [1.165, 1.54) is 11.1 Å². The van der Waals surface area contributed by atoms with Crippen molar-refractivity contribution in [1.29, 1.82) is 0 Å². The van der Waals surface area contributed by atoms with Crippen LogP contribution in [-0.2, 0) is 0 Å². The summed E-state index contributed by atoms with van der Waals surface area (Å²) in [5.41, 5.74) is 4.88. The molecule has 1 aromatic carbocycles. The molecule has 1 aliphatic heterocycles. The fourth-order valence-electron chi connectivity index (χ4n) is 3.15. The summed E-state index contributed by atoms with van der Waals surface area (Å²) in [6, 6.07) is 9.97. The van der Waals surface area contributed by atoms with Gasteiger partial charge < -0.3 is 10.2 Å². The van der Waals surface area contributed by atoms with Gasteiger partial charge in [0.2, 0.25) is 0 Å². The van der Waals surface area contributed by atoms with E-state index in [4.69, 9.17) is 0 Å². The fraction of sp³-hybridized carbons (Fsp3) is 0.400. The van der Waals surface area contributed by atoms with Crippen LogP contribution in [0.1, 0.15) is 41.4 Å². The third-order valence-electron chi connectivity index (χ3n) is 4.80. The van der Waals surface area contributed by atoms with Crippen molar-refractivity contribution < 1.29 is 4.79 Å². The molecule has 4 heteroatoms. The Balaban J connectivity index is 1.78. The summed E-state index contributed by atoms with van der Waals surface area (Å²) < 4.78 is 0. The highest BCUT2D eigenvalue weighted by molar-refractivity contribution is 5.93. The van der Waals surface area contributed by atoms with E-state index in [0.29, 0.717) is 11.6 Å². The Morgan fingerprint density at radius 3 is 2.50 bits per heavy atom. The number of piperidine rings is 1. The number of rotatable bonds is 3. The van der Waals surface area contributed by atoms with E-state index >= 15 is 0 Å². The Hall–Kier alpha value is -2.36. The maximum Gasteiger partial charge on any atom is 0.272 e. The first-order valence-electron chi connectivity index (χ1n) is 8.63. The Labute approximate surface area is 143 Å². The number of aromatic nitrogens is 1. The zero-order valence-electron chi connectivity index (χ0n) is 14.7. The minimum Gasteiger partial charge on any atom is -0.355 e. The quantitative estimate of drug-likeness (QED) is 0.915. The van der Waals surface area contributed by atoms with Gasteiger partial charge in [-0.2, -0.15) is 0 Å². The first-order chi connectivity index (χ1) is 11.5. The highest BCUT2D eigenvalue weighted by Crippen LogP contribution is 2.25. The van der Waals surface area contributed by atoms with Crippen LogP contribution in [0.3, 0.4) is 0 Å². The van der Waals surface area contributed by atoms with Crippen molar-refractivity contribution in [1.82, 2.24) is 9.88 Å². The summed E-state index contributed by atoms with van der Waals surface area (Å²) in [6.07, 6.45) is 3.86. The lowest BCUT2D eigenvalue weighted by molar-refractivity contribution is 0.0691. The van der Waals surface area contributed by atoms with Gasteiger partial charge in [-0.15, -0.1) is 0 Å². The van der Waals surface area contributed by atoms with Gasteiger partial charge in [-0.25, -0.2) is 0 Å². The molecular formula is C20H25N3O. The molecule has 0 aliphatic carbocycles. The topological polar surface area (TPSA) is 45.2 Å². The van der Waals surface area contributed by atoms with Crippen LogP contribution < -0.4 is 5.32 Å². The van der Waals surface area contributed by atoms with Gasteiger partial charge in [-0.05, 0) is 55.9 Å². The zero-order chi connectivity index (χ0) is 17.1. The lowest BCUT2D eigenvalue weighted by atomic mass is 9.99. The van der Waals surface area contributed by atoms with Crippen molar-refractivity contribution in [3.8, 4) is 0 Å². The van der Waals surface area contributed by atoms with Crippen molar-refractivity contribution in [2.45, 2.75) is 33.6 Å². The summed E-state index contributed by atoms with van der Waals surface area (Å²) in [7, 11) is 0. The predicted molar refractivity (Wildman–Crippen MR) is 97.7 cm³/mol. The van der Waals surface area contributed by atoms with Crippen LogP contribution >= 0.6 is 0 Å². The van der Waals surface area contributed by atoms with Crippen LogP contribution in [0.25, 0.3) is 0 Å². The van der Waals surface area contributed by atoms with Gasteiger partial charge in [0.15, 0.2) is 0 Å². The third-order valence-corrected chi connectivity index (χ3v) is 4.80. The number of carbonyl (C=O) groups is 1. The van der Waals surface area contributed by atoms with E-state index in [0.717, 1.165) is 37.3 Å². The fourth-order valence-corrected chi connectivity index (χ4v) is 3.15. The predicted octanol–water partition coefficient (Wildman–Crippen LogP) is 4.31. The summed E-state index contributed by atoms with van der Waals surface area (Å²) in [4.78, 5) is 18.9. The molecule has 2 heterocycles. The van der Waals surface area contributed by atoms with Gasteiger partial charge >= 0.3 is 0 Å². The smallest absolute Gasteiger partial charge is 0.272 e. The second kappa shape index (κ2) is 7.04. The third kappa shape index (κ3) is 3.58. The molecule has 0 spiro atoms. The highest BCUT2D eigenvalue weighted by Gasteiger charge is 2.22. The van der Waals surface area contributed by atoms with Crippen molar-refractivity contribution in [2.75, 3.05) is 18.4 Å². The molecule has 1 amide bonds. The SMILES string of the molecule is Cc1cccc(C)c1Nc1ccnc(C(=O)N2CCC(C)CC2)c1. The summed E-state index contributed by atoms with van der Waals surface area (Å²) in [5, 5.41) is 3.43. The van der Waals surface area contributed by atoms with E-state index < -0.39 is 0 Å². The number of nitrogens with zero attached hydrogens (tertiary/aromatic N) is 2. The molecule has 4 nitrogen and oxygen atoms in total. The number of hydrogen-bond donors (Lipinski definition) is 1. The van der Waals surface area contributed by atoms with E-state index in [-0.39, 0.29) is 5.91 Å². The zero-order valence-corrected chi connectivity index (χ0v) is 14.7. The standard InChI is InChI=1S/C20H25N3O/c1-14-8-11-23(12-9-14)20(24)18-13-17(7-10-21-18)22-19-15(2)5-4-6-16(19)3/h4-7,10,13-14H,8-9,11-12H2,1-3H3,(H,21,22). The van der Waals surface area contributed by atoms with Crippen LogP contribution in [0.5, 0.6) is 0 Å². The molecule has 0 radical (unpaired) electrons. The number of pyridine rings is 1. The molecule has 2 aromatic rings. The lowest BCUT2D eigenvalue weighted by Gasteiger charge is -2.30. The Morgan fingerprint density at radius 1 is 1.17 bits per heavy atom. The second-order valence-electron chi connectivity index (χ2n) is 6.80. The maximum atomic E-state index is 12.7. The molecule has 0 bridgehead atoms. The molecule has 0 atom stereocenters. The summed E-state index contributed by atoms with van der Waals surface area (Å²) in [5.74, 6) is 0.742. The lowest BCUT2D eigenvalue weighted by Crippen LogP contribution is -2.38. The molecule has 1 saturated heterocycles. The van der Waals surface area contributed by atoms with Crippen molar-refractivity contribution in [3.05, 3.63) is 53.3 Å². The summed E-state index contributed by atoms with van der Waals surface area (Å²) in [6.45, 7) is 8.07. The summed E-state index contributed by atoms with van der Waals surface area (Å²) >= 11 is 0. The first kappa shape index (κ1) is 16.5. The number of likely N-dealkylation sites (tertiary alicyclic amines) is 1. The molecule has 3 rings (SSSR count). The molecular weight excluding hydrogens is 298 g/mol. The van der Waals surface area contributed by atoms with Crippen molar-refractivity contribution in [2.24, 2.45) is 5.92 Å². The average Bonchev–Trinajstić information content (AvgIpc) is 2.59. The van der Waals surface area contributed by atoms with Gasteiger partial charge in [-0.3, -0.25) is 9.78 Å². The average molecular weight is 323 g/mol. The molecule has 1 fully saturated rings. The molecule has 1 aromatic heterocycles. The van der Waals surface area contributed by atoms with Gasteiger partial charge in [-0.1, -0.05) is 25.1 Å². The number of hydrogen-bond acceptors (Lipinski definition) is 3. The van der Waals surface area contributed by atoms with Gasteiger partial charge in [0.05, 0.1) is 0 Å². The number of carbonyl (C=O) groups excluding carboxylic acids is 1. The number of amides is 1. The number of aryl methyl sites for hydroxylation is 2. The normalized spacial score (nSPS) is 15.4. The maximum absolute atomic E-state index is 12.7. The van der Waals surface area contributed by atoms with Gasteiger partial charge in [0.25, 0.3) is 5.91 Å². The number of nitrogens with one attached hydrogen (secondary N) is 1. The van der Waals surface area contributed by atoms with Crippen LogP contribution in [0, 0.1) is 19.8 Å².